The molecule has 1 unspecified atom stereocenters. The SMILES string of the molecule is COC[C@@H](OC(C)=O)[C@@H](OC)[C@H](OC(C)=O)[C@@H](OC)C(O)C#N. The third-order valence-corrected chi connectivity index (χ3v) is 2.95. The van der Waals surface area contributed by atoms with Gasteiger partial charge in [-0.2, -0.15) is 5.26 Å². The molecule has 0 saturated heterocycles. The monoisotopic (exact) mass is 333 g/mol. The second-order valence-electron chi connectivity index (χ2n) is 4.65. The van der Waals surface area contributed by atoms with Crippen LogP contribution in [0.2, 0.25) is 0 Å². The van der Waals surface area contributed by atoms with Gasteiger partial charge in [0, 0.05) is 35.2 Å². The molecule has 0 aliphatic rings. The first kappa shape index (κ1) is 21.3. The Bertz CT molecular complexity index is 421. The number of hydrogen-bond acceptors (Lipinski definition) is 9. The molecule has 5 atom stereocenters. The van der Waals surface area contributed by atoms with E-state index in [-0.39, 0.29) is 6.61 Å². The number of nitrogens with zero attached hydrogens (tertiary/aromatic N) is 1. The van der Waals surface area contributed by atoms with E-state index in [4.69, 9.17) is 28.9 Å². The van der Waals surface area contributed by atoms with Gasteiger partial charge in [-0.1, -0.05) is 0 Å². The number of nitriles is 1. The highest BCUT2D eigenvalue weighted by Crippen LogP contribution is 2.20. The molecule has 0 amide bonds. The number of aliphatic hydroxyl groups excluding tert-OH is 1. The second kappa shape index (κ2) is 10.9. The van der Waals surface area contributed by atoms with Crippen molar-refractivity contribution in [2.45, 2.75) is 44.4 Å². The molecule has 0 bridgehead atoms. The van der Waals surface area contributed by atoms with Crippen molar-refractivity contribution in [1.29, 1.82) is 5.26 Å². The molecule has 0 aliphatic heterocycles. The first-order valence-electron chi connectivity index (χ1n) is 6.78. The average molecular weight is 333 g/mol. The van der Waals surface area contributed by atoms with E-state index in [0.29, 0.717) is 0 Å². The summed E-state index contributed by atoms with van der Waals surface area (Å²) in [6.45, 7) is 2.31. The number of hydrogen-bond donors (Lipinski definition) is 1. The molecular formula is C14H23NO8. The fourth-order valence-corrected chi connectivity index (χ4v) is 2.10. The summed E-state index contributed by atoms with van der Waals surface area (Å²) in [4.78, 5) is 22.6. The van der Waals surface area contributed by atoms with Crippen LogP contribution < -0.4 is 0 Å². The predicted octanol–water partition coefficient (Wildman–Crippen LogP) is -0.589. The van der Waals surface area contributed by atoms with Crippen LogP contribution in [0.25, 0.3) is 0 Å². The van der Waals surface area contributed by atoms with Gasteiger partial charge in [0.1, 0.15) is 12.2 Å². The minimum Gasteiger partial charge on any atom is -0.457 e. The van der Waals surface area contributed by atoms with Crippen LogP contribution in [0.3, 0.4) is 0 Å². The van der Waals surface area contributed by atoms with Gasteiger partial charge in [-0.3, -0.25) is 9.59 Å². The lowest BCUT2D eigenvalue weighted by molar-refractivity contribution is -0.195. The molecule has 0 saturated carbocycles. The normalized spacial score (nSPS) is 17.3. The summed E-state index contributed by atoms with van der Waals surface area (Å²) in [5, 5.41) is 18.7. The predicted molar refractivity (Wildman–Crippen MR) is 76.2 cm³/mol. The Morgan fingerprint density at radius 2 is 1.52 bits per heavy atom. The van der Waals surface area contributed by atoms with E-state index in [2.05, 4.69) is 0 Å². The first-order chi connectivity index (χ1) is 10.8. The molecule has 0 heterocycles. The van der Waals surface area contributed by atoms with E-state index in [0.717, 1.165) is 6.92 Å². The summed E-state index contributed by atoms with van der Waals surface area (Å²) in [6, 6.07) is 1.61. The summed E-state index contributed by atoms with van der Waals surface area (Å²) in [7, 11) is 3.94. The van der Waals surface area contributed by atoms with Crippen molar-refractivity contribution in [2.24, 2.45) is 0 Å². The summed E-state index contributed by atoms with van der Waals surface area (Å²) in [5.41, 5.74) is 0. The smallest absolute Gasteiger partial charge is 0.303 e. The van der Waals surface area contributed by atoms with Gasteiger partial charge < -0.3 is 28.8 Å². The van der Waals surface area contributed by atoms with Crippen LogP contribution in [0.1, 0.15) is 13.8 Å². The molecule has 0 rings (SSSR count). The molecule has 9 nitrogen and oxygen atoms in total. The van der Waals surface area contributed by atoms with Gasteiger partial charge in [0.15, 0.2) is 18.3 Å². The molecule has 0 fully saturated rings. The van der Waals surface area contributed by atoms with Crippen LogP contribution in [0, 0.1) is 11.3 Å². The summed E-state index contributed by atoms with van der Waals surface area (Å²) >= 11 is 0. The minimum absolute atomic E-state index is 0.0467. The van der Waals surface area contributed by atoms with Gasteiger partial charge in [0.25, 0.3) is 0 Å². The number of esters is 2. The highest BCUT2D eigenvalue weighted by atomic mass is 16.6. The average Bonchev–Trinajstić information content (AvgIpc) is 2.47. The van der Waals surface area contributed by atoms with Gasteiger partial charge in [-0.15, -0.1) is 0 Å². The quantitative estimate of drug-likeness (QED) is 0.412. The molecule has 0 spiro atoms. The fourth-order valence-electron chi connectivity index (χ4n) is 2.10. The Morgan fingerprint density at radius 3 is 1.87 bits per heavy atom. The Hall–Kier alpha value is -1.73. The fraction of sp³-hybridized carbons (Fsp3) is 0.786. The molecule has 0 aromatic heterocycles. The number of aliphatic hydroxyl groups is 1. The van der Waals surface area contributed by atoms with Gasteiger partial charge in [0.05, 0.1) is 12.7 Å². The maximum atomic E-state index is 11.4. The zero-order valence-electron chi connectivity index (χ0n) is 13.8. The van der Waals surface area contributed by atoms with Crippen LogP contribution in [-0.4, -0.2) is 75.5 Å². The lowest BCUT2D eigenvalue weighted by Crippen LogP contribution is -2.54. The molecule has 1 N–H and O–H groups in total. The van der Waals surface area contributed by atoms with Gasteiger partial charge in [-0.05, 0) is 0 Å². The van der Waals surface area contributed by atoms with Crippen molar-refractivity contribution in [3.8, 4) is 6.07 Å². The zero-order valence-corrected chi connectivity index (χ0v) is 13.8. The molecule has 0 aromatic rings. The lowest BCUT2D eigenvalue weighted by atomic mass is 9.99. The second-order valence-corrected chi connectivity index (χ2v) is 4.65. The first-order valence-corrected chi connectivity index (χ1v) is 6.78. The molecule has 0 aliphatic carbocycles. The highest BCUT2D eigenvalue weighted by Gasteiger charge is 2.42. The maximum absolute atomic E-state index is 11.4. The third kappa shape index (κ3) is 6.92. The van der Waals surface area contributed by atoms with Gasteiger partial charge in [0.2, 0.25) is 0 Å². The van der Waals surface area contributed by atoms with Crippen molar-refractivity contribution in [3.63, 3.8) is 0 Å². The highest BCUT2D eigenvalue weighted by molar-refractivity contribution is 5.67. The topological polar surface area (TPSA) is 124 Å². The third-order valence-electron chi connectivity index (χ3n) is 2.95. The van der Waals surface area contributed by atoms with Gasteiger partial charge in [-0.25, -0.2) is 0 Å². The Morgan fingerprint density at radius 1 is 1.00 bits per heavy atom. The molecule has 9 heteroatoms. The lowest BCUT2D eigenvalue weighted by Gasteiger charge is -2.35. The van der Waals surface area contributed by atoms with Crippen LogP contribution in [0.4, 0.5) is 0 Å². The number of ether oxygens (including phenoxy) is 5. The van der Waals surface area contributed by atoms with Crippen LogP contribution in [0.5, 0.6) is 0 Å². The van der Waals surface area contributed by atoms with Crippen LogP contribution in [-0.2, 0) is 33.3 Å². The number of rotatable bonds is 10. The van der Waals surface area contributed by atoms with E-state index in [1.165, 1.54) is 28.3 Å². The van der Waals surface area contributed by atoms with E-state index >= 15 is 0 Å². The Labute approximate surface area is 135 Å². The Kier molecular flexibility index (Phi) is 10.1. The van der Waals surface area contributed by atoms with E-state index in [1.54, 1.807) is 6.07 Å². The molecule has 0 aromatic carbocycles. The molecule has 23 heavy (non-hydrogen) atoms. The zero-order chi connectivity index (χ0) is 18.0. The van der Waals surface area contributed by atoms with Gasteiger partial charge >= 0.3 is 11.9 Å². The van der Waals surface area contributed by atoms with Crippen LogP contribution >= 0.6 is 0 Å². The van der Waals surface area contributed by atoms with Crippen molar-refractivity contribution in [3.05, 3.63) is 0 Å². The largest absolute Gasteiger partial charge is 0.457 e. The van der Waals surface area contributed by atoms with E-state index in [1.807, 2.05) is 0 Å². The van der Waals surface area contributed by atoms with E-state index < -0.39 is 42.5 Å². The van der Waals surface area contributed by atoms with Crippen LogP contribution in [0.15, 0.2) is 0 Å². The van der Waals surface area contributed by atoms with Crippen molar-refractivity contribution in [1.82, 2.24) is 0 Å². The molecule has 132 valence electrons. The van der Waals surface area contributed by atoms with E-state index in [9.17, 15) is 14.7 Å². The molecular weight excluding hydrogens is 310 g/mol. The number of carbonyl (C=O) groups is 2. The minimum atomic E-state index is -1.58. The van der Waals surface area contributed by atoms with Crippen molar-refractivity contribution < 1.29 is 38.4 Å². The number of carbonyl (C=O) groups excluding carboxylic acids is 2. The molecule has 0 radical (unpaired) electrons. The maximum Gasteiger partial charge on any atom is 0.303 e. The summed E-state index contributed by atoms with van der Waals surface area (Å²) in [6.07, 6.45) is -5.94. The standard InChI is InChI=1S/C14H23NO8/c1-8(16)22-11(7-19-3)13(21-5)14(23-9(2)17)12(20-4)10(18)6-15/h10-14,18H,7H2,1-5H3/t10?,11-,12+,13-,14-/m1/s1. The Balaban J connectivity index is 5.61. The summed E-state index contributed by atoms with van der Waals surface area (Å²) in [5.74, 6) is -1.27. The van der Waals surface area contributed by atoms with Crippen molar-refractivity contribution in [2.75, 3.05) is 27.9 Å². The van der Waals surface area contributed by atoms with Crippen molar-refractivity contribution >= 4 is 11.9 Å². The summed E-state index contributed by atoms with van der Waals surface area (Å²) < 4.78 is 25.6. The number of methoxy groups -OCH3 is 3.